The van der Waals surface area contributed by atoms with Crippen LogP contribution in [0.1, 0.15) is 23.3 Å². The molecule has 1 amide bonds. The average Bonchev–Trinajstić information content (AvgIpc) is 3.23. The zero-order valence-electron chi connectivity index (χ0n) is 16.5. The van der Waals surface area contributed by atoms with Crippen LogP contribution in [-0.2, 0) is 4.79 Å². The van der Waals surface area contributed by atoms with E-state index in [1.807, 2.05) is 0 Å². The van der Waals surface area contributed by atoms with Crippen molar-refractivity contribution in [1.29, 1.82) is 0 Å². The second-order valence-corrected chi connectivity index (χ2v) is 6.40. The number of methoxy groups -OCH3 is 1. The molecular weight excluding hydrogens is 408 g/mol. The molecular formula is C20H18N4O7. The summed E-state index contributed by atoms with van der Waals surface area (Å²) in [6, 6.07) is 9.62. The maximum absolute atomic E-state index is 12.5. The molecule has 0 spiro atoms. The van der Waals surface area contributed by atoms with Gasteiger partial charge in [0, 0.05) is 18.3 Å². The van der Waals surface area contributed by atoms with Crippen molar-refractivity contribution in [2.45, 2.75) is 13.0 Å². The van der Waals surface area contributed by atoms with Crippen LogP contribution in [0.5, 0.6) is 17.2 Å². The number of aromatic nitrogens is 2. The minimum absolute atomic E-state index is 0.0896. The molecule has 11 nitrogen and oxygen atoms in total. The van der Waals surface area contributed by atoms with Crippen molar-refractivity contribution in [1.82, 2.24) is 9.78 Å². The molecule has 0 fully saturated rings. The molecule has 0 bridgehead atoms. The Morgan fingerprint density at radius 2 is 1.94 bits per heavy atom. The fraction of sp³-hybridized carbons (Fsp3) is 0.150. The van der Waals surface area contributed by atoms with Crippen LogP contribution in [0.4, 0.5) is 11.4 Å². The van der Waals surface area contributed by atoms with Crippen LogP contribution in [0.15, 0.2) is 54.9 Å². The van der Waals surface area contributed by atoms with Gasteiger partial charge in [0.2, 0.25) is 0 Å². The highest BCUT2D eigenvalue weighted by Crippen LogP contribution is 2.34. The molecule has 3 aromatic rings. The molecule has 0 aliphatic carbocycles. The van der Waals surface area contributed by atoms with E-state index >= 15 is 0 Å². The minimum Gasteiger partial charge on any atom is -0.493 e. The highest BCUT2D eigenvalue weighted by Gasteiger charge is 2.18. The Kier molecular flexibility index (Phi) is 6.15. The van der Waals surface area contributed by atoms with Crippen LogP contribution >= 0.6 is 0 Å². The first-order valence-corrected chi connectivity index (χ1v) is 8.97. The van der Waals surface area contributed by atoms with Crippen LogP contribution < -0.4 is 14.8 Å². The lowest BCUT2D eigenvalue weighted by Gasteiger charge is -2.11. The first-order valence-electron chi connectivity index (χ1n) is 8.97. The number of carboxylic acid groups (broad SMARTS) is 1. The quantitative estimate of drug-likeness (QED) is 0.411. The molecule has 0 saturated carbocycles. The number of carboxylic acids is 1. The number of nitrogens with one attached hydrogen (secondary N) is 1. The van der Waals surface area contributed by atoms with Gasteiger partial charge in [-0.25, -0.2) is 4.79 Å². The molecule has 0 aliphatic heterocycles. The Labute approximate surface area is 176 Å². The first-order chi connectivity index (χ1) is 14.8. The summed E-state index contributed by atoms with van der Waals surface area (Å²) in [7, 11) is 1.46. The molecule has 2 N–H and O–H groups in total. The number of carbonyl (C=O) groups excluding carboxylic acids is 1. The van der Waals surface area contributed by atoms with E-state index in [0.29, 0.717) is 11.5 Å². The maximum atomic E-state index is 12.5. The summed E-state index contributed by atoms with van der Waals surface area (Å²) in [4.78, 5) is 34.3. The number of nitro groups is 1. The maximum Gasteiger partial charge on any atom is 0.328 e. The number of amides is 1. The summed E-state index contributed by atoms with van der Waals surface area (Å²) >= 11 is 0. The van der Waals surface area contributed by atoms with Crippen LogP contribution in [0.3, 0.4) is 0 Å². The lowest BCUT2D eigenvalue weighted by atomic mass is 10.2. The number of rotatable bonds is 8. The van der Waals surface area contributed by atoms with Gasteiger partial charge in [0.1, 0.15) is 11.8 Å². The number of nitrogens with zero attached hydrogens (tertiary/aromatic N) is 3. The number of anilines is 1. The Hall–Kier alpha value is -4.41. The van der Waals surface area contributed by atoms with E-state index in [4.69, 9.17) is 14.6 Å². The number of hydrogen-bond donors (Lipinski definition) is 2. The number of nitro benzene ring substituents is 1. The number of non-ortho nitro benzene ring substituents is 1. The largest absolute Gasteiger partial charge is 0.493 e. The number of aliphatic carboxylic acids is 1. The summed E-state index contributed by atoms with van der Waals surface area (Å²) in [5.41, 5.74) is -0.0900. The molecule has 2 aromatic carbocycles. The number of ether oxygens (including phenoxy) is 2. The van der Waals surface area contributed by atoms with Crippen molar-refractivity contribution < 1.29 is 29.1 Å². The molecule has 0 saturated heterocycles. The van der Waals surface area contributed by atoms with E-state index in [1.54, 1.807) is 24.3 Å². The molecule has 3 rings (SSSR count). The summed E-state index contributed by atoms with van der Waals surface area (Å²) < 4.78 is 12.1. The highest BCUT2D eigenvalue weighted by atomic mass is 16.6. The van der Waals surface area contributed by atoms with Gasteiger partial charge in [0.25, 0.3) is 11.6 Å². The lowest BCUT2D eigenvalue weighted by Crippen LogP contribution is -2.16. The summed E-state index contributed by atoms with van der Waals surface area (Å²) in [6.45, 7) is 1.42. The number of para-hydroxylation sites is 2. The van der Waals surface area contributed by atoms with Gasteiger partial charge in [0.15, 0.2) is 11.5 Å². The number of carbonyl (C=O) groups is 2. The molecule has 1 atom stereocenters. The standard InChI is InChI=1S/C20H18N4O7/c1-12(20(26)27)23-11-13(10-21-23)19(25)22-14-7-15(24(28)29)9-16(8-14)31-18-6-4-3-5-17(18)30-2/h3-12H,1-2H3,(H,22,25)(H,26,27). The van der Waals surface area contributed by atoms with E-state index in [0.717, 1.165) is 4.68 Å². The minimum atomic E-state index is -1.10. The monoisotopic (exact) mass is 426 g/mol. The third kappa shape index (κ3) is 4.96. The molecule has 1 unspecified atom stereocenters. The fourth-order valence-corrected chi connectivity index (χ4v) is 2.63. The van der Waals surface area contributed by atoms with Crippen LogP contribution in [-0.4, -0.2) is 38.8 Å². The normalized spacial score (nSPS) is 11.4. The smallest absolute Gasteiger partial charge is 0.328 e. The number of benzene rings is 2. The lowest BCUT2D eigenvalue weighted by molar-refractivity contribution is -0.384. The van der Waals surface area contributed by atoms with Crippen molar-refractivity contribution >= 4 is 23.3 Å². The van der Waals surface area contributed by atoms with Gasteiger partial charge in [0.05, 0.1) is 35.5 Å². The zero-order valence-corrected chi connectivity index (χ0v) is 16.5. The van der Waals surface area contributed by atoms with Crippen molar-refractivity contribution in [3.8, 4) is 17.2 Å². The van der Waals surface area contributed by atoms with E-state index in [-0.39, 0.29) is 22.7 Å². The molecule has 1 heterocycles. The molecule has 0 radical (unpaired) electrons. The molecule has 1 aromatic heterocycles. The first kappa shape index (κ1) is 21.3. The van der Waals surface area contributed by atoms with Crippen molar-refractivity contribution in [3.63, 3.8) is 0 Å². The Bertz CT molecular complexity index is 1140. The topological polar surface area (TPSA) is 146 Å². The third-order valence-electron chi connectivity index (χ3n) is 4.27. The summed E-state index contributed by atoms with van der Waals surface area (Å²) in [5.74, 6) is -0.838. The SMILES string of the molecule is COc1ccccc1Oc1cc(NC(=O)c2cnn(C(C)C(=O)O)c2)cc([N+](=O)[O-])c1. The van der Waals surface area contributed by atoms with Gasteiger partial charge >= 0.3 is 5.97 Å². The van der Waals surface area contributed by atoms with E-state index in [1.165, 1.54) is 44.6 Å². The summed E-state index contributed by atoms with van der Waals surface area (Å²) in [5, 5.41) is 26.8. The summed E-state index contributed by atoms with van der Waals surface area (Å²) in [6.07, 6.45) is 2.48. The van der Waals surface area contributed by atoms with Gasteiger partial charge in [-0.3, -0.25) is 19.6 Å². The van der Waals surface area contributed by atoms with Gasteiger partial charge in [-0.1, -0.05) is 12.1 Å². The molecule has 160 valence electrons. The third-order valence-corrected chi connectivity index (χ3v) is 4.27. The van der Waals surface area contributed by atoms with Crippen LogP contribution in [0.25, 0.3) is 0 Å². The Morgan fingerprint density at radius 1 is 1.23 bits per heavy atom. The van der Waals surface area contributed by atoms with Crippen LogP contribution in [0.2, 0.25) is 0 Å². The number of hydrogen-bond acceptors (Lipinski definition) is 7. The van der Waals surface area contributed by atoms with Crippen molar-refractivity contribution in [2.24, 2.45) is 0 Å². The fourth-order valence-electron chi connectivity index (χ4n) is 2.63. The molecule has 31 heavy (non-hydrogen) atoms. The average molecular weight is 426 g/mol. The predicted molar refractivity (Wildman–Crippen MR) is 109 cm³/mol. The van der Waals surface area contributed by atoms with Crippen molar-refractivity contribution in [2.75, 3.05) is 12.4 Å². The second kappa shape index (κ2) is 8.95. The van der Waals surface area contributed by atoms with Crippen LogP contribution in [0, 0.1) is 10.1 Å². The van der Waals surface area contributed by atoms with E-state index < -0.39 is 22.8 Å². The predicted octanol–water partition coefficient (Wildman–Crippen LogP) is 3.49. The van der Waals surface area contributed by atoms with Gasteiger partial charge in [-0.05, 0) is 19.1 Å². The Balaban J connectivity index is 1.86. The highest BCUT2D eigenvalue weighted by molar-refractivity contribution is 6.04. The second-order valence-electron chi connectivity index (χ2n) is 6.40. The Morgan fingerprint density at radius 3 is 2.58 bits per heavy atom. The zero-order chi connectivity index (χ0) is 22.5. The van der Waals surface area contributed by atoms with E-state index in [2.05, 4.69) is 10.4 Å². The molecule has 0 aliphatic rings. The van der Waals surface area contributed by atoms with Gasteiger partial charge in [-0.15, -0.1) is 0 Å². The van der Waals surface area contributed by atoms with E-state index in [9.17, 15) is 19.7 Å². The van der Waals surface area contributed by atoms with Gasteiger partial charge < -0.3 is 19.9 Å². The van der Waals surface area contributed by atoms with Gasteiger partial charge in [-0.2, -0.15) is 5.10 Å². The molecule has 11 heteroatoms. The van der Waals surface area contributed by atoms with Crippen molar-refractivity contribution in [3.05, 3.63) is 70.5 Å².